The highest BCUT2D eigenvalue weighted by Gasteiger charge is 2.40. The molecule has 0 amide bonds. The Labute approximate surface area is 207 Å². The summed E-state index contributed by atoms with van der Waals surface area (Å²) in [5, 5.41) is -1.16. The molecule has 2 saturated carbocycles. The molecule has 8 nitrogen and oxygen atoms in total. The van der Waals surface area contributed by atoms with Crippen LogP contribution >= 0.6 is 0 Å². The van der Waals surface area contributed by atoms with Crippen molar-refractivity contribution in [3.8, 4) is 0 Å². The first-order valence-corrected chi connectivity index (χ1v) is 19.3. The van der Waals surface area contributed by atoms with Crippen molar-refractivity contribution in [1.82, 2.24) is 0 Å². The van der Waals surface area contributed by atoms with Crippen LogP contribution < -0.4 is 0 Å². The maximum atomic E-state index is 12.7. The minimum absolute atomic E-state index is 0.251. The summed E-state index contributed by atoms with van der Waals surface area (Å²) in [5.74, 6) is -0.501. The highest BCUT2D eigenvalue weighted by atomic mass is 32.3. The summed E-state index contributed by atoms with van der Waals surface area (Å²) in [5.41, 5.74) is 0. The zero-order valence-corrected chi connectivity index (χ0v) is 23.8. The fourth-order valence-electron chi connectivity index (χ4n) is 5.03. The van der Waals surface area contributed by atoms with Gasteiger partial charge in [-0.1, -0.05) is 51.4 Å². The van der Waals surface area contributed by atoms with Gasteiger partial charge in [-0.25, -0.2) is 33.7 Å². The van der Waals surface area contributed by atoms with E-state index in [0.717, 1.165) is 38.5 Å². The van der Waals surface area contributed by atoms with Crippen molar-refractivity contribution in [3.63, 3.8) is 0 Å². The van der Waals surface area contributed by atoms with Crippen LogP contribution in [0.15, 0.2) is 0 Å². The molecule has 202 valence electrons. The Bertz CT molecular complexity index is 976. The van der Waals surface area contributed by atoms with Gasteiger partial charge < -0.3 is 0 Å². The summed E-state index contributed by atoms with van der Waals surface area (Å²) in [7, 11) is -15.1. The Kier molecular flexibility index (Phi) is 10.9. The number of sulfone groups is 4. The normalized spacial score (nSPS) is 21.8. The molecule has 0 aromatic rings. The second kappa shape index (κ2) is 12.4. The van der Waals surface area contributed by atoms with E-state index < -0.39 is 59.0 Å². The molecule has 0 aromatic heterocycles. The van der Waals surface area contributed by atoms with E-state index in [4.69, 9.17) is 0 Å². The Morgan fingerprint density at radius 3 is 1.09 bits per heavy atom. The van der Waals surface area contributed by atoms with Crippen LogP contribution in [-0.4, -0.2) is 64.8 Å². The van der Waals surface area contributed by atoms with Crippen LogP contribution in [0, 0.1) is 0 Å². The molecule has 34 heavy (non-hydrogen) atoms. The van der Waals surface area contributed by atoms with Gasteiger partial charge in [-0.05, 0) is 52.4 Å². The van der Waals surface area contributed by atoms with Gasteiger partial charge in [0.1, 0.15) is 0 Å². The minimum atomic E-state index is -3.81. The van der Waals surface area contributed by atoms with E-state index in [9.17, 15) is 33.7 Å². The van der Waals surface area contributed by atoms with E-state index >= 15 is 0 Å². The number of hydrogen-bond donors (Lipinski definition) is 0. The van der Waals surface area contributed by atoms with Crippen molar-refractivity contribution in [3.05, 3.63) is 0 Å². The largest absolute Gasteiger partial charge is 0.228 e. The predicted octanol–water partition coefficient (Wildman–Crippen LogP) is 3.56. The van der Waals surface area contributed by atoms with Gasteiger partial charge in [-0.2, -0.15) is 0 Å². The van der Waals surface area contributed by atoms with Crippen molar-refractivity contribution in [2.24, 2.45) is 0 Å². The highest BCUT2D eigenvalue weighted by Crippen LogP contribution is 2.30. The zero-order valence-electron chi connectivity index (χ0n) is 20.5. The quantitative estimate of drug-likeness (QED) is 0.311. The molecule has 0 heterocycles. The molecule has 0 saturated heterocycles. The second-order valence-corrected chi connectivity index (χ2v) is 20.6. The van der Waals surface area contributed by atoms with Crippen LogP contribution in [0.1, 0.15) is 104 Å². The maximum Gasteiger partial charge on any atom is 0.170 e. The summed E-state index contributed by atoms with van der Waals surface area (Å²) < 4.78 is 98.6. The molecule has 0 bridgehead atoms. The van der Waals surface area contributed by atoms with Gasteiger partial charge >= 0.3 is 0 Å². The molecule has 12 heteroatoms. The Balaban J connectivity index is 1.79. The van der Waals surface area contributed by atoms with E-state index in [1.807, 2.05) is 0 Å². The third kappa shape index (κ3) is 7.65. The third-order valence-corrected chi connectivity index (χ3v) is 19.3. The molecule has 0 aromatic carbocycles. The predicted molar refractivity (Wildman–Crippen MR) is 137 cm³/mol. The van der Waals surface area contributed by atoms with Crippen LogP contribution in [0.4, 0.5) is 0 Å². The van der Waals surface area contributed by atoms with Crippen LogP contribution in [0.5, 0.6) is 0 Å². The van der Waals surface area contributed by atoms with Gasteiger partial charge in [0.05, 0.1) is 22.0 Å². The first-order valence-electron chi connectivity index (χ1n) is 12.6. The molecular formula is C22H42O8S4. The van der Waals surface area contributed by atoms with Crippen LogP contribution in [0.2, 0.25) is 0 Å². The average molecular weight is 563 g/mol. The summed E-state index contributed by atoms with van der Waals surface area (Å²) in [6.07, 6.45) is 8.65. The lowest BCUT2D eigenvalue weighted by atomic mass is 10.0. The minimum Gasteiger partial charge on any atom is -0.228 e. The molecule has 2 atom stereocenters. The molecule has 0 spiro atoms. The van der Waals surface area contributed by atoms with Gasteiger partial charge in [0, 0.05) is 0 Å². The molecule has 2 fully saturated rings. The van der Waals surface area contributed by atoms with E-state index in [2.05, 4.69) is 0 Å². The number of hydrogen-bond acceptors (Lipinski definition) is 8. The summed E-state index contributed by atoms with van der Waals surface area (Å²) in [6, 6.07) is 0. The van der Waals surface area contributed by atoms with Crippen LogP contribution in [0.3, 0.4) is 0 Å². The molecule has 0 aliphatic heterocycles. The van der Waals surface area contributed by atoms with Gasteiger partial charge in [-0.3, -0.25) is 0 Å². The lowest BCUT2D eigenvalue weighted by Crippen LogP contribution is -2.38. The summed E-state index contributed by atoms with van der Waals surface area (Å²) in [6.45, 7) is 2.53. The third-order valence-electron chi connectivity index (χ3n) is 7.58. The topological polar surface area (TPSA) is 137 Å². The van der Waals surface area contributed by atoms with E-state index in [0.29, 0.717) is 38.5 Å². The fraction of sp³-hybridized carbons (Fsp3) is 1.00. The van der Waals surface area contributed by atoms with Crippen molar-refractivity contribution in [2.75, 3.05) is 11.5 Å². The highest BCUT2D eigenvalue weighted by molar-refractivity contribution is 8.09. The van der Waals surface area contributed by atoms with Gasteiger partial charge in [0.25, 0.3) is 0 Å². The van der Waals surface area contributed by atoms with Crippen LogP contribution in [0.25, 0.3) is 0 Å². The maximum absolute atomic E-state index is 12.7. The van der Waals surface area contributed by atoms with E-state index in [1.54, 1.807) is 0 Å². The number of rotatable bonds is 13. The van der Waals surface area contributed by atoms with Gasteiger partial charge in [0.15, 0.2) is 48.5 Å². The van der Waals surface area contributed by atoms with Crippen molar-refractivity contribution in [2.45, 2.75) is 123 Å². The first kappa shape index (κ1) is 30.0. The molecule has 0 radical (unpaired) electrons. The zero-order chi connectivity index (χ0) is 25.6. The average Bonchev–Trinajstić information content (AvgIpc) is 2.81. The van der Waals surface area contributed by atoms with E-state index in [-0.39, 0.29) is 24.3 Å². The molecule has 2 rings (SSSR count). The fourth-order valence-corrected chi connectivity index (χ4v) is 14.8. The van der Waals surface area contributed by atoms with Gasteiger partial charge in [-0.15, -0.1) is 0 Å². The SMILES string of the molecule is CC(S(=O)(=O)CCCCCCS(=O)(=O)C(C)S(=O)(=O)C1CCCCC1)S(=O)(=O)C1CCCCC1. The van der Waals surface area contributed by atoms with Gasteiger partial charge in [0.2, 0.25) is 0 Å². The Morgan fingerprint density at radius 2 is 0.794 bits per heavy atom. The monoisotopic (exact) mass is 562 g/mol. The van der Waals surface area contributed by atoms with Crippen LogP contribution in [-0.2, 0) is 39.3 Å². The lowest BCUT2D eigenvalue weighted by molar-refractivity contribution is 0.481. The molecule has 2 unspecified atom stereocenters. The molecule has 2 aliphatic rings. The molecule has 0 N–H and O–H groups in total. The first-order chi connectivity index (χ1) is 15.7. The second-order valence-electron chi connectivity index (χ2n) is 9.98. The Hall–Kier alpha value is -0.200. The summed E-state index contributed by atoms with van der Waals surface area (Å²) >= 11 is 0. The van der Waals surface area contributed by atoms with Crippen molar-refractivity contribution >= 4 is 39.3 Å². The van der Waals surface area contributed by atoms with Crippen molar-refractivity contribution in [1.29, 1.82) is 0 Å². The molecule has 2 aliphatic carbocycles. The standard InChI is InChI=1S/C22H42O8S4/c1-19(33(27,28)21-13-7-5-8-14-21)31(23,24)17-11-3-4-12-18-32(25,26)20(2)34(29,30)22-15-9-6-10-16-22/h19-22H,3-18H2,1-2H3. The van der Waals surface area contributed by atoms with E-state index in [1.165, 1.54) is 13.8 Å². The molecular weight excluding hydrogens is 521 g/mol. The lowest BCUT2D eigenvalue weighted by Gasteiger charge is -2.25. The van der Waals surface area contributed by atoms with Crippen molar-refractivity contribution < 1.29 is 33.7 Å². The number of unbranched alkanes of at least 4 members (excludes halogenated alkanes) is 3. The summed E-state index contributed by atoms with van der Waals surface area (Å²) in [4.78, 5) is 0. The Morgan fingerprint density at radius 1 is 0.500 bits per heavy atom. The smallest absolute Gasteiger partial charge is 0.170 e.